The maximum absolute atomic E-state index is 4.67. The summed E-state index contributed by atoms with van der Waals surface area (Å²) < 4.78 is 0. The van der Waals surface area contributed by atoms with E-state index in [0.717, 1.165) is 30.9 Å². The van der Waals surface area contributed by atoms with Gasteiger partial charge in [0.2, 0.25) is 0 Å². The highest BCUT2D eigenvalue weighted by molar-refractivity contribution is 5.62. The molecule has 1 aromatic heterocycles. The molecule has 1 heterocycles. The van der Waals surface area contributed by atoms with E-state index in [1.54, 1.807) is 0 Å². The number of hydrogen-bond acceptors (Lipinski definition) is 2. The van der Waals surface area contributed by atoms with Gasteiger partial charge in [0.1, 0.15) is 5.82 Å². The number of aryl methyl sites for hydroxylation is 1. The van der Waals surface area contributed by atoms with Crippen molar-refractivity contribution in [2.75, 3.05) is 11.9 Å². The minimum Gasteiger partial charge on any atom is -0.370 e. The maximum atomic E-state index is 4.67. The summed E-state index contributed by atoms with van der Waals surface area (Å²) in [5.74, 6) is 0.959. The van der Waals surface area contributed by atoms with Crippen molar-refractivity contribution in [3.8, 4) is 11.3 Å². The highest BCUT2D eigenvalue weighted by Gasteiger charge is 2.02. The first-order chi connectivity index (χ1) is 9.33. The van der Waals surface area contributed by atoms with Gasteiger partial charge in [-0.25, -0.2) is 4.98 Å². The molecule has 100 valence electrons. The Morgan fingerprint density at radius 2 is 1.84 bits per heavy atom. The number of nitrogens with one attached hydrogen (secondary N) is 1. The average Bonchev–Trinajstić information content (AvgIpc) is 2.46. The van der Waals surface area contributed by atoms with Gasteiger partial charge in [-0.1, -0.05) is 44.5 Å². The molecule has 0 fully saturated rings. The van der Waals surface area contributed by atoms with Crippen LogP contribution in [0, 0.1) is 0 Å². The van der Waals surface area contributed by atoms with Crippen LogP contribution >= 0.6 is 0 Å². The molecule has 0 radical (unpaired) electrons. The van der Waals surface area contributed by atoms with Crippen LogP contribution in [0.25, 0.3) is 11.3 Å². The number of anilines is 1. The van der Waals surface area contributed by atoms with Crippen LogP contribution in [0.5, 0.6) is 0 Å². The fourth-order valence-corrected chi connectivity index (χ4v) is 2.12. The van der Waals surface area contributed by atoms with Gasteiger partial charge in [-0.15, -0.1) is 0 Å². The van der Waals surface area contributed by atoms with Crippen molar-refractivity contribution < 1.29 is 0 Å². The lowest BCUT2D eigenvalue weighted by Crippen LogP contribution is -2.02. The first kappa shape index (κ1) is 13.6. The Balaban J connectivity index is 2.23. The minimum absolute atomic E-state index is 0.959. The number of rotatable bonds is 6. The molecule has 0 atom stereocenters. The Morgan fingerprint density at radius 3 is 2.63 bits per heavy atom. The summed E-state index contributed by atoms with van der Waals surface area (Å²) in [5.41, 5.74) is 3.62. The van der Waals surface area contributed by atoms with Crippen LogP contribution in [0.4, 0.5) is 5.82 Å². The second kappa shape index (κ2) is 6.93. The zero-order valence-corrected chi connectivity index (χ0v) is 11.8. The van der Waals surface area contributed by atoms with Gasteiger partial charge >= 0.3 is 0 Å². The van der Waals surface area contributed by atoms with E-state index in [1.807, 2.05) is 6.07 Å². The lowest BCUT2D eigenvalue weighted by molar-refractivity contribution is 0.922. The molecule has 1 aromatic carbocycles. The van der Waals surface area contributed by atoms with Gasteiger partial charge in [-0.2, -0.15) is 0 Å². The van der Waals surface area contributed by atoms with Crippen LogP contribution in [0.1, 0.15) is 32.3 Å². The van der Waals surface area contributed by atoms with Crippen LogP contribution in [-0.2, 0) is 6.42 Å². The summed E-state index contributed by atoms with van der Waals surface area (Å²) in [4.78, 5) is 4.67. The van der Waals surface area contributed by atoms with E-state index in [1.165, 1.54) is 17.5 Å². The van der Waals surface area contributed by atoms with Gasteiger partial charge in [0.25, 0.3) is 0 Å². The molecule has 2 nitrogen and oxygen atoms in total. The number of benzene rings is 1. The van der Waals surface area contributed by atoms with Crippen molar-refractivity contribution in [1.82, 2.24) is 4.98 Å². The molecule has 0 saturated carbocycles. The third-order valence-electron chi connectivity index (χ3n) is 3.07. The Bertz CT molecular complexity index is 520. The van der Waals surface area contributed by atoms with Gasteiger partial charge in [-0.05, 0) is 36.6 Å². The Labute approximate surface area is 115 Å². The SMILES string of the molecule is CCCNc1cccc(-c2cccc(CCC)c2)n1. The molecule has 2 heteroatoms. The van der Waals surface area contributed by atoms with Crippen LogP contribution < -0.4 is 5.32 Å². The highest BCUT2D eigenvalue weighted by atomic mass is 15.0. The van der Waals surface area contributed by atoms with E-state index >= 15 is 0 Å². The van der Waals surface area contributed by atoms with E-state index in [2.05, 4.69) is 60.5 Å². The number of aromatic nitrogens is 1. The van der Waals surface area contributed by atoms with Crippen LogP contribution in [0.2, 0.25) is 0 Å². The van der Waals surface area contributed by atoms with E-state index in [4.69, 9.17) is 0 Å². The molecule has 0 saturated heterocycles. The molecule has 2 aromatic rings. The summed E-state index contributed by atoms with van der Waals surface area (Å²) in [7, 11) is 0. The third-order valence-corrected chi connectivity index (χ3v) is 3.07. The van der Waals surface area contributed by atoms with Crippen molar-refractivity contribution in [3.63, 3.8) is 0 Å². The number of pyridine rings is 1. The standard InChI is InChI=1S/C17H22N2/c1-3-7-14-8-5-9-15(13-14)16-10-6-11-17(19-16)18-12-4-2/h5-6,8-11,13H,3-4,7,12H2,1-2H3,(H,18,19). The van der Waals surface area contributed by atoms with E-state index in [0.29, 0.717) is 0 Å². The zero-order valence-electron chi connectivity index (χ0n) is 11.8. The topological polar surface area (TPSA) is 24.9 Å². The maximum Gasteiger partial charge on any atom is 0.126 e. The molecule has 0 spiro atoms. The summed E-state index contributed by atoms with van der Waals surface area (Å²) in [5, 5.41) is 3.33. The molecule has 0 bridgehead atoms. The number of nitrogens with zero attached hydrogens (tertiary/aromatic N) is 1. The summed E-state index contributed by atoms with van der Waals surface area (Å²) in [6.45, 7) is 5.33. The third kappa shape index (κ3) is 3.82. The molecule has 0 aliphatic carbocycles. The number of hydrogen-bond donors (Lipinski definition) is 1. The normalized spacial score (nSPS) is 10.4. The van der Waals surface area contributed by atoms with E-state index in [9.17, 15) is 0 Å². The Hall–Kier alpha value is -1.83. The monoisotopic (exact) mass is 254 g/mol. The minimum atomic E-state index is 0.959. The molecule has 0 unspecified atom stereocenters. The van der Waals surface area contributed by atoms with Gasteiger partial charge in [-0.3, -0.25) is 0 Å². The van der Waals surface area contributed by atoms with Crippen molar-refractivity contribution in [1.29, 1.82) is 0 Å². The summed E-state index contributed by atoms with van der Waals surface area (Å²) >= 11 is 0. The molecule has 0 aliphatic heterocycles. The molecule has 2 rings (SSSR count). The molecule has 0 amide bonds. The fourth-order valence-electron chi connectivity index (χ4n) is 2.12. The molecular weight excluding hydrogens is 232 g/mol. The molecule has 19 heavy (non-hydrogen) atoms. The molecule has 0 aliphatic rings. The molecule has 1 N–H and O–H groups in total. The second-order valence-corrected chi connectivity index (χ2v) is 4.79. The Kier molecular flexibility index (Phi) is 4.96. The fraction of sp³-hybridized carbons (Fsp3) is 0.353. The van der Waals surface area contributed by atoms with Crippen molar-refractivity contribution >= 4 is 5.82 Å². The predicted octanol–water partition coefficient (Wildman–Crippen LogP) is 4.52. The summed E-state index contributed by atoms with van der Waals surface area (Å²) in [6, 6.07) is 14.8. The predicted molar refractivity (Wildman–Crippen MR) is 82.4 cm³/mol. The Morgan fingerprint density at radius 1 is 1.00 bits per heavy atom. The van der Waals surface area contributed by atoms with E-state index < -0.39 is 0 Å². The quantitative estimate of drug-likeness (QED) is 0.819. The smallest absolute Gasteiger partial charge is 0.126 e. The lowest BCUT2D eigenvalue weighted by atomic mass is 10.0. The van der Waals surface area contributed by atoms with E-state index in [-0.39, 0.29) is 0 Å². The van der Waals surface area contributed by atoms with Gasteiger partial charge in [0.05, 0.1) is 5.69 Å². The lowest BCUT2D eigenvalue weighted by Gasteiger charge is -2.07. The largest absolute Gasteiger partial charge is 0.370 e. The average molecular weight is 254 g/mol. The van der Waals surface area contributed by atoms with Gasteiger partial charge in [0, 0.05) is 12.1 Å². The first-order valence-corrected chi connectivity index (χ1v) is 7.13. The summed E-state index contributed by atoms with van der Waals surface area (Å²) in [6.07, 6.45) is 3.41. The van der Waals surface area contributed by atoms with Crippen LogP contribution in [-0.4, -0.2) is 11.5 Å². The van der Waals surface area contributed by atoms with Crippen LogP contribution in [0.15, 0.2) is 42.5 Å². The highest BCUT2D eigenvalue weighted by Crippen LogP contribution is 2.20. The van der Waals surface area contributed by atoms with Gasteiger partial charge < -0.3 is 5.32 Å². The molecular formula is C17H22N2. The van der Waals surface area contributed by atoms with Crippen molar-refractivity contribution in [3.05, 3.63) is 48.0 Å². The van der Waals surface area contributed by atoms with Crippen molar-refractivity contribution in [2.24, 2.45) is 0 Å². The van der Waals surface area contributed by atoms with Gasteiger partial charge in [0.15, 0.2) is 0 Å². The second-order valence-electron chi connectivity index (χ2n) is 4.79. The zero-order chi connectivity index (χ0) is 13.5. The van der Waals surface area contributed by atoms with Crippen LogP contribution in [0.3, 0.4) is 0 Å². The first-order valence-electron chi connectivity index (χ1n) is 7.13. The van der Waals surface area contributed by atoms with Crippen molar-refractivity contribution in [2.45, 2.75) is 33.1 Å².